The average molecular weight is 552 g/mol. The minimum Gasteiger partial charge on any atom is -0.478 e. The number of ether oxygens (including phenoxy) is 2. The monoisotopic (exact) mass is 551 g/mol. The zero-order chi connectivity index (χ0) is 28.6. The Hall–Kier alpha value is -3.70. The Morgan fingerprint density at radius 2 is 1.90 bits per heavy atom. The molecule has 0 bridgehead atoms. The van der Waals surface area contributed by atoms with Gasteiger partial charge in [-0.15, -0.1) is 0 Å². The van der Waals surface area contributed by atoms with E-state index in [0.29, 0.717) is 18.4 Å². The van der Waals surface area contributed by atoms with Gasteiger partial charge in [-0.3, -0.25) is 9.59 Å². The third-order valence-electron chi connectivity index (χ3n) is 7.17. The van der Waals surface area contributed by atoms with Gasteiger partial charge in [0.2, 0.25) is 5.95 Å². The van der Waals surface area contributed by atoms with E-state index in [0.717, 1.165) is 73.8 Å². The summed E-state index contributed by atoms with van der Waals surface area (Å²) >= 11 is 0. The summed E-state index contributed by atoms with van der Waals surface area (Å²) in [5.74, 6) is 1.75. The number of nitrogens with zero attached hydrogens (tertiary/aromatic N) is 5. The van der Waals surface area contributed by atoms with Crippen molar-refractivity contribution in [3.05, 3.63) is 46.4 Å². The van der Waals surface area contributed by atoms with E-state index in [2.05, 4.69) is 32.5 Å². The molecule has 4 heterocycles. The Morgan fingerprint density at radius 1 is 1.15 bits per heavy atom. The number of carbonyl (C=O) groups is 1. The second-order valence-electron chi connectivity index (χ2n) is 10.0. The fraction of sp³-hybridized carbons (Fsp3) is 0.517. The van der Waals surface area contributed by atoms with Crippen molar-refractivity contribution in [2.75, 3.05) is 70.3 Å². The predicted molar refractivity (Wildman–Crippen MR) is 158 cm³/mol. The smallest absolute Gasteiger partial charge is 0.293 e. The summed E-state index contributed by atoms with van der Waals surface area (Å²) in [5.41, 5.74) is 2.33. The molecule has 2 saturated heterocycles. The van der Waals surface area contributed by atoms with E-state index in [9.17, 15) is 9.59 Å². The van der Waals surface area contributed by atoms with Crippen molar-refractivity contribution >= 4 is 34.3 Å². The number of aryl methyl sites for hydroxylation is 2. The van der Waals surface area contributed by atoms with Crippen LogP contribution in [0.4, 0.5) is 17.5 Å². The first-order chi connectivity index (χ1) is 19.4. The number of piperazine rings is 1. The summed E-state index contributed by atoms with van der Waals surface area (Å²) in [6.07, 6.45) is 2.68. The normalized spacial score (nSPS) is 15.7. The van der Waals surface area contributed by atoms with Crippen LogP contribution in [0.2, 0.25) is 0 Å². The molecule has 1 amide bonds. The Bertz CT molecular complexity index is 1360. The second kappa shape index (κ2) is 13.6. The number of hydrogen-bond donors (Lipinski definition) is 2. The maximum absolute atomic E-state index is 13.3. The van der Waals surface area contributed by atoms with Gasteiger partial charge in [0, 0.05) is 68.5 Å². The molecule has 0 unspecified atom stereocenters. The van der Waals surface area contributed by atoms with E-state index in [4.69, 9.17) is 14.5 Å². The lowest BCUT2D eigenvalue weighted by Gasteiger charge is -2.32. The maximum atomic E-state index is 13.3. The Labute approximate surface area is 235 Å². The molecule has 2 fully saturated rings. The van der Waals surface area contributed by atoms with E-state index >= 15 is 0 Å². The number of fused-ring (bicyclic) bond motifs is 1. The fourth-order valence-electron chi connectivity index (χ4n) is 4.60. The number of benzene rings is 1. The molecule has 3 aromatic rings. The highest BCUT2D eigenvalue weighted by atomic mass is 16.5. The lowest BCUT2D eigenvalue weighted by atomic mass is 10.0. The molecule has 40 heavy (non-hydrogen) atoms. The van der Waals surface area contributed by atoms with Crippen molar-refractivity contribution < 1.29 is 14.3 Å². The molecule has 11 nitrogen and oxygen atoms in total. The first kappa shape index (κ1) is 29.3. The van der Waals surface area contributed by atoms with Crippen molar-refractivity contribution in [1.29, 1.82) is 0 Å². The van der Waals surface area contributed by atoms with Crippen LogP contribution in [-0.2, 0) is 16.1 Å². The summed E-state index contributed by atoms with van der Waals surface area (Å²) in [6.45, 7) is 11.5. The van der Waals surface area contributed by atoms with E-state index in [1.807, 2.05) is 45.2 Å². The predicted octanol–water partition coefficient (Wildman–Crippen LogP) is 2.78. The van der Waals surface area contributed by atoms with Crippen LogP contribution in [0.15, 0.2) is 35.3 Å². The minimum absolute atomic E-state index is 0.152. The average Bonchev–Trinajstić information content (AvgIpc) is 2.95. The maximum Gasteiger partial charge on any atom is 0.293 e. The van der Waals surface area contributed by atoms with Crippen molar-refractivity contribution in [3.8, 4) is 5.75 Å². The highest BCUT2D eigenvalue weighted by Gasteiger charge is 2.20. The van der Waals surface area contributed by atoms with Gasteiger partial charge in [0.15, 0.2) is 12.4 Å². The molecule has 2 N–H and O–H groups in total. The van der Waals surface area contributed by atoms with Crippen LogP contribution in [0.5, 0.6) is 5.75 Å². The van der Waals surface area contributed by atoms with Crippen LogP contribution in [0.1, 0.15) is 25.8 Å². The Kier molecular flexibility index (Phi) is 9.94. The highest BCUT2D eigenvalue weighted by molar-refractivity contribution is 5.85. The zero-order valence-corrected chi connectivity index (χ0v) is 24.2. The molecule has 2 aromatic heterocycles. The molecule has 2 aliphatic rings. The lowest BCUT2D eigenvalue weighted by molar-refractivity contribution is -0.122. The number of hydrogen-bond acceptors (Lipinski definition) is 9. The van der Waals surface area contributed by atoms with Crippen LogP contribution in [0.25, 0.3) is 10.9 Å². The van der Waals surface area contributed by atoms with Crippen LogP contribution in [0.3, 0.4) is 0 Å². The molecular formula is C29H41N7O4. The molecule has 5 rings (SSSR count). The molecule has 216 valence electrons. The van der Waals surface area contributed by atoms with Gasteiger partial charge in [-0.25, -0.2) is 4.98 Å². The molecule has 0 radical (unpaired) electrons. The number of carbonyl (C=O) groups excluding carboxylic acids is 1. The summed E-state index contributed by atoms with van der Waals surface area (Å²) in [5, 5.41) is 6.79. The van der Waals surface area contributed by atoms with E-state index < -0.39 is 0 Å². The summed E-state index contributed by atoms with van der Waals surface area (Å²) in [7, 11) is 3.66. The highest BCUT2D eigenvalue weighted by Crippen LogP contribution is 2.26. The largest absolute Gasteiger partial charge is 0.478 e. The number of pyridine rings is 1. The molecule has 1 aromatic carbocycles. The third kappa shape index (κ3) is 6.89. The van der Waals surface area contributed by atoms with Gasteiger partial charge in [0.25, 0.3) is 11.5 Å². The topological polar surface area (TPSA) is 114 Å². The van der Waals surface area contributed by atoms with Gasteiger partial charge in [-0.05, 0) is 44.7 Å². The molecule has 0 atom stereocenters. The van der Waals surface area contributed by atoms with Crippen LogP contribution < -0.4 is 25.8 Å². The van der Waals surface area contributed by atoms with Crippen molar-refractivity contribution in [3.63, 3.8) is 0 Å². The second-order valence-corrected chi connectivity index (χ2v) is 10.0. The van der Waals surface area contributed by atoms with Crippen molar-refractivity contribution in [2.24, 2.45) is 5.92 Å². The van der Waals surface area contributed by atoms with E-state index in [1.54, 1.807) is 10.6 Å². The van der Waals surface area contributed by atoms with Gasteiger partial charge in [-0.2, -0.15) is 4.98 Å². The van der Waals surface area contributed by atoms with Crippen molar-refractivity contribution in [1.82, 2.24) is 24.8 Å². The number of anilines is 3. The molecule has 0 saturated carbocycles. The SMILES string of the molecule is CC.CNC(=O)COc1cc2cc(Nc3nc(N4CCN(C)CC4)ncc3C)ccc2n(CCC2COC2)c1=O. The van der Waals surface area contributed by atoms with Gasteiger partial charge in [0.05, 0.1) is 18.7 Å². The number of amides is 1. The van der Waals surface area contributed by atoms with E-state index in [1.165, 1.54) is 7.05 Å². The Morgan fingerprint density at radius 3 is 2.58 bits per heavy atom. The number of likely N-dealkylation sites (N-methyl/N-ethyl adjacent to an activating group) is 2. The van der Waals surface area contributed by atoms with Crippen LogP contribution in [0, 0.1) is 12.8 Å². The summed E-state index contributed by atoms with van der Waals surface area (Å²) in [6, 6.07) is 7.57. The molecule has 11 heteroatoms. The van der Waals surface area contributed by atoms with Gasteiger partial charge >= 0.3 is 0 Å². The van der Waals surface area contributed by atoms with Gasteiger partial charge < -0.3 is 34.5 Å². The first-order valence-electron chi connectivity index (χ1n) is 14.0. The Balaban J connectivity index is 0.00000181. The standard InChI is InChI=1S/C27H35N7O4.C2H6/c1-18-14-29-27(33-10-8-32(3)9-11-33)31-25(18)30-21-4-5-22-20(12-21)13-23(38-17-24(35)28-2)26(36)34(22)7-6-19-15-37-16-19;1-2/h4-5,12-14,19H,6-11,15-17H2,1-3H3,(H,28,35)(H,29,30,31);1-2H3. The molecular weight excluding hydrogens is 510 g/mol. The quantitative estimate of drug-likeness (QED) is 0.414. The number of nitrogens with one attached hydrogen (secondary N) is 2. The van der Waals surface area contributed by atoms with E-state index in [-0.39, 0.29) is 23.8 Å². The fourth-order valence-corrected chi connectivity index (χ4v) is 4.60. The van der Waals surface area contributed by atoms with Crippen LogP contribution >= 0.6 is 0 Å². The zero-order valence-electron chi connectivity index (χ0n) is 24.2. The number of rotatable bonds is 9. The first-order valence-corrected chi connectivity index (χ1v) is 14.0. The molecule has 0 aliphatic carbocycles. The van der Waals surface area contributed by atoms with Crippen LogP contribution in [-0.4, -0.2) is 85.4 Å². The minimum atomic E-state index is -0.298. The van der Waals surface area contributed by atoms with Gasteiger partial charge in [-0.1, -0.05) is 13.8 Å². The third-order valence-corrected chi connectivity index (χ3v) is 7.17. The number of aromatic nitrogens is 3. The lowest BCUT2D eigenvalue weighted by Crippen LogP contribution is -2.45. The summed E-state index contributed by atoms with van der Waals surface area (Å²) < 4.78 is 12.7. The van der Waals surface area contributed by atoms with Gasteiger partial charge in [0.1, 0.15) is 5.82 Å². The molecule has 0 spiro atoms. The molecule has 2 aliphatic heterocycles. The summed E-state index contributed by atoms with van der Waals surface area (Å²) in [4.78, 5) is 38.9. The van der Waals surface area contributed by atoms with Crippen molar-refractivity contribution in [2.45, 2.75) is 33.7 Å².